The first kappa shape index (κ1) is 12.4. The van der Waals surface area contributed by atoms with E-state index in [9.17, 15) is 4.79 Å². The first-order valence-corrected chi connectivity index (χ1v) is 6.75. The Hall–Kier alpha value is -1.63. The number of urea groups is 1. The fourth-order valence-electron chi connectivity index (χ4n) is 2.49. The van der Waals surface area contributed by atoms with Gasteiger partial charge >= 0.3 is 6.03 Å². The van der Waals surface area contributed by atoms with Crippen LogP contribution in [0.1, 0.15) is 25.7 Å². The Morgan fingerprint density at radius 1 is 1.47 bits per heavy atom. The van der Waals surface area contributed by atoms with Gasteiger partial charge in [0.25, 0.3) is 0 Å². The molecule has 2 atom stereocenters. The monoisotopic (exact) mass is 265 g/mol. The molecule has 7 heteroatoms. The molecule has 1 saturated heterocycles. The lowest BCUT2D eigenvalue weighted by Crippen LogP contribution is -2.44. The second-order valence-electron chi connectivity index (χ2n) is 5.27. The predicted molar refractivity (Wildman–Crippen MR) is 68.6 cm³/mol. The van der Waals surface area contributed by atoms with E-state index in [-0.39, 0.29) is 12.1 Å². The van der Waals surface area contributed by atoms with Crippen LogP contribution >= 0.6 is 0 Å². The van der Waals surface area contributed by atoms with Crippen molar-refractivity contribution in [2.75, 3.05) is 11.9 Å². The van der Waals surface area contributed by atoms with Crippen molar-refractivity contribution < 1.29 is 9.53 Å². The summed E-state index contributed by atoms with van der Waals surface area (Å²) in [6, 6.07) is -0.0369. The van der Waals surface area contributed by atoms with Gasteiger partial charge in [0.1, 0.15) is 6.33 Å². The van der Waals surface area contributed by atoms with Gasteiger partial charge in [0.15, 0.2) is 0 Å². The number of aromatic nitrogens is 3. The van der Waals surface area contributed by atoms with Crippen LogP contribution in [-0.2, 0) is 11.8 Å². The fraction of sp³-hybridized carbons (Fsp3) is 0.750. The average Bonchev–Trinajstić information content (AvgIpc) is 3.16. The highest BCUT2D eigenvalue weighted by atomic mass is 16.5. The zero-order valence-electron chi connectivity index (χ0n) is 11.0. The highest BCUT2D eigenvalue weighted by Gasteiger charge is 2.36. The summed E-state index contributed by atoms with van der Waals surface area (Å²) in [5.74, 6) is 1.16. The Labute approximate surface area is 111 Å². The molecule has 1 saturated carbocycles. The molecule has 2 unspecified atom stereocenters. The molecule has 104 valence electrons. The summed E-state index contributed by atoms with van der Waals surface area (Å²) in [6.45, 7) is 0.732. The fourth-order valence-corrected chi connectivity index (χ4v) is 2.49. The number of aryl methyl sites for hydroxylation is 1. The Balaban J connectivity index is 1.50. The van der Waals surface area contributed by atoms with Crippen LogP contribution in [0.5, 0.6) is 0 Å². The molecule has 2 amide bonds. The number of hydrogen-bond donors (Lipinski definition) is 2. The van der Waals surface area contributed by atoms with Crippen LogP contribution < -0.4 is 10.6 Å². The van der Waals surface area contributed by atoms with Crippen molar-refractivity contribution in [1.29, 1.82) is 0 Å². The topological polar surface area (TPSA) is 81.1 Å². The third-order valence-electron chi connectivity index (χ3n) is 3.73. The molecule has 19 heavy (non-hydrogen) atoms. The number of carbonyl (C=O) groups is 1. The first-order valence-electron chi connectivity index (χ1n) is 6.75. The molecule has 2 aliphatic rings. The molecular weight excluding hydrogens is 246 g/mol. The van der Waals surface area contributed by atoms with Gasteiger partial charge in [-0.15, -0.1) is 0 Å². The van der Waals surface area contributed by atoms with Gasteiger partial charge in [0, 0.05) is 19.7 Å². The van der Waals surface area contributed by atoms with Gasteiger partial charge in [0.05, 0.1) is 6.10 Å². The molecular formula is C12H19N5O2. The molecule has 1 aromatic heterocycles. The van der Waals surface area contributed by atoms with E-state index in [0.29, 0.717) is 18.0 Å². The van der Waals surface area contributed by atoms with Crippen LogP contribution in [0.3, 0.4) is 0 Å². The van der Waals surface area contributed by atoms with Crippen molar-refractivity contribution in [1.82, 2.24) is 20.1 Å². The summed E-state index contributed by atoms with van der Waals surface area (Å²) < 4.78 is 7.26. The van der Waals surface area contributed by atoms with Crippen LogP contribution in [0.2, 0.25) is 0 Å². The van der Waals surface area contributed by atoms with Gasteiger partial charge in [-0.3, -0.25) is 5.32 Å². The quantitative estimate of drug-likeness (QED) is 0.850. The zero-order valence-corrected chi connectivity index (χ0v) is 11.0. The molecule has 1 aliphatic carbocycles. The number of nitrogens with one attached hydrogen (secondary N) is 2. The van der Waals surface area contributed by atoms with Gasteiger partial charge in [-0.05, 0) is 31.6 Å². The van der Waals surface area contributed by atoms with Crippen molar-refractivity contribution in [2.45, 2.75) is 37.8 Å². The summed E-state index contributed by atoms with van der Waals surface area (Å²) in [4.78, 5) is 15.8. The van der Waals surface area contributed by atoms with E-state index >= 15 is 0 Å². The number of ether oxygens (including phenoxy) is 1. The molecule has 0 radical (unpaired) electrons. The molecule has 2 N–H and O–H groups in total. The number of hydrogen-bond acceptors (Lipinski definition) is 4. The molecule has 0 aromatic carbocycles. The van der Waals surface area contributed by atoms with Crippen molar-refractivity contribution in [3.05, 3.63) is 6.33 Å². The minimum atomic E-state index is -0.224. The summed E-state index contributed by atoms with van der Waals surface area (Å²) >= 11 is 0. The summed E-state index contributed by atoms with van der Waals surface area (Å²) in [5.41, 5.74) is 0. The molecule has 1 aliphatic heterocycles. The van der Waals surface area contributed by atoms with E-state index < -0.39 is 0 Å². The van der Waals surface area contributed by atoms with Crippen LogP contribution in [0.25, 0.3) is 0 Å². The van der Waals surface area contributed by atoms with Gasteiger partial charge in [-0.25, -0.2) is 9.48 Å². The van der Waals surface area contributed by atoms with Crippen LogP contribution in [0.15, 0.2) is 6.33 Å². The van der Waals surface area contributed by atoms with E-state index in [1.165, 1.54) is 23.9 Å². The highest BCUT2D eigenvalue weighted by Crippen LogP contribution is 2.38. The maximum atomic E-state index is 11.9. The summed E-state index contributed by atoms with van der Waals surface area (Å²) in [7, 11) is 1.74. The Kier molecular flexibility index (Phi) is 3.37. The van der Waals surface area contributed by atoms with E-state index in [4.69, 9.17) is 4.74 Å². The minimum Gasteiger partial charge on any atom is -0.378 e. The molecule has 0 spiro atoms. The largest absolute Gasteiger partial charge is 0.378 e. The lowest BCUT2D eigenvalue weighted by atomic mass is 10.0. The predicted octanol–water partition coefficient (Wildman–Crippen LogP) is 0.894. The maximum Gasteiger partial charge on any atom is 0.321 e. The molecule has 2 fully saturated rings. The second-order valence-corrected chi connectivity index (χ2v) is 5.27. The molecule has 1 aromatic rings. The Morgan fingerprint density at radius 3 is 3.00 bits per heavy atom. The van der Waals surface area contributed by atoms with Crippen molar-refractivity contribution >= 4 is 12.0 Å². The number of anilines is 1. The van der Waals surface area contributed by atoms with E-state index in [1.807, 2.05) is 0 Å². The van der Waals surface area contributed by atoms with Crippen LogP contribution in [0.4, 0.5) is 10.7 Å². The average molecular weight is 265 g/mol. The molecule has 0 bridgehead atoms. The van der Waals surface area contributed by atoms with Gasteiger partial charge < -0.3 is 10.1 Å². The minimum absolute atomic E-state index is 0.188. The number of rotatable bonds is 3. The van der Waals surface area contributed by atoms with Gasteiger partial charge in [-0.2, -0.15) is 10.1 Å². The zero-order chi connectivity index (χ0) is 13.2. The van der Waals surface area contributed by atoms with Crippen molar-refractivity contribution in [2.24, 2.45) is 13.0 Å². The van der Waals surface area contributed by atoms with Crippen LogP contribution in [-0.4, -0.2) is 39.5 Å². The van der Waals surface area contributed by atoms with Gasteiger partial charge in [-0.1, -0.05) is 0 Å². The summed E-state index contributed by atoms with van der Waals surface area (Å²) in [6.07, 6.45) is 6.05. The second kappa shape index (κ2) is 5.16. The van der Waals surface area contributed by atoms with Crippen LogP contribution in [0, 0.1) is 5.92 Å². The lowest BCUT2D eigenvalue weighted by Gasteiger charge is -2.30. The maximum absolute atomic E-state index is 11.9. The Bertz CT molecular complexity index is 457. The van der Waals surface area contributed by atoms with Gasteiger partial charge in [0.2, 0.25) is 5.95 Å². The number of carbonyl (C=O) groups excluding carboxylic acids is 1. The highest BCUT2D eigenvalue weighted by molar-refractivity contribution is 5.87. The molecule has 3 rings (SSSR count). The SMILES string of the molecule is Cn1ncnc1NC(=O)NC1CCOC(C2CC2)C1. The summed E-state index contributed by atoms with van der Waals surface area (Å²) in [5, 5.41) is 9.58. The molecule has 2 heterocycles. The third-order valence-corrected chi connectivity index (χ3v) is 3.73. The Morgan fingerprint density at radius 2 is 2.32 bits per heavy atom. The number of amides is 2. The smallest absolute Gasteiger partial charge is 0.321 e. The molecule has 7 nitrogen and oxygen atoms in total. The lowest BCUT2D eigenvalue weighted by molar-refractivity contribution is -0.00890. The third kappa shape index (κ3) is 3.04. The normalized spacial score (nSPS) is 27.0. The standard InChI is InChI=1S/C12H19N5O2/c1-17-11(13-7-14-17)16-12(18)15-9-4-5-19-10(6-9)8-2-3-8/h7-10H,2-6H2,1H3,(H2,13,14,15,16,18). The van der Waals surface area contributed by atoms with Crippen molar-refractivity contribution in [3.8, 4) is 0 Å². The van der Waals surface area contributed by atoms with E-state index in [2.05, 4.69) is 20.7 Å². The van der Waals surface area contributed by atoms with E-state index in [1.54, 1.807) is 7.05 Å². The first-order chi connectivity index (χ1) is 9.22. The number of nitrogens with zero attached hydrogens (tertiary/aromatic N) is 3. The van der Waals surface area contributed by atoms with E-state index in [0.717, 1.165) is 19.4 Å². The van der Waals surface area contributed by atoms with Crippen molar-refractivity contribution in [3.63, 3.8) is 0 Å².